The van der Waals surface area contributed by atoms with Crippen LogP contribution in [0.4, 0.5) is 0 Å². The minimum absolute atomic E-state index is 0.537. The first-order valence-electron chi connectivity index (χ1n) is 5.94. The highest BCUT2D eigenvalue weighted by atomic mass is 32.2. The monoisotopic (exact) mass is 248 g/mol. The molecule has 1 saturated heterocycles. The Hall–Kier alpha value is -1.07. The Bertz CT molecular complexity index is 516. The molecule has 0 aliphatic carbocycles. The van der Waals surface area contributed by atoms with Crippen LogP contribution in [0.25, 0.3) is 11.2 Å². The number of fused-ring (bicyclic) bond motifs is 1. The summed E-state index contributed by atoms with van der Waals surface area (Å²) in [6, 6.07) is 2.55. The number of nitrogens with one attached hydrogen (secondary N) is 2. The molecule has 5 heteroatoms. The van der Waals surface area contributed by atoms with Gasteiger partial charge in [0, 0.05) is 36.7 Å². The second-order valence-electron chi connectivity index (χ2n) is 4.44. The van der Waals surface area contributed by atoms with Crippen molar-refractivity contribution in [3.05, 3.63) is 23.7 Å². The summed E-state index contributed by atoms with van der Waals surface area (Å²) in [5.41, 5.74) is 3.12. The van der Waals surface area contributed by atoms with Gasteiger partial charge in [0.15, 0.2) is 5.65 Å². The predicted molar refractivity (Wildman–Crippen MR) is 71.4 cm³/mol. The largest absolute Gasteiger partial charge is 0.340 e. The normalized spacial score (nSPS) is 20.9. The summed E-state index contributed by atoms with van der Waals surface area (Å²) in [6.45, 7) is 3.19. The van der Waals surface area contributed by atoms with Gasteiger partial charge >= 0.3 is 0 Å². The second kappa shape index (κ2) is 4.66. The Morgan fingerprint density at radius 3 is 3.24 bits per heavy atom. The third-order valence-electron chi connectivity index (χ3n) is 3.09. The van der Waals surface area contributed by atoms with Crippen LogP contribution in [-0.4, -0.2) is 39.0 Å². The van der Waals surface area contributed by atoms with Crippen molar-refractivity contribution in [2.75, 3.05) is 18.1 Å². The maximum atomic E-state index is 4.55. The van der Waals surface area contributed by atoms with Crippen LogP contribution in [-0.2, 0) is 6.42 Å². The highest BCUT2D eigenvalue weighted by molar-refractivity contribution is 7.99. The van der Waals surface area contributed by atoms with Crippen molar-refractivity contribution >= 4 is 22.9 Å². The molecular weight excluding hydrogens is 232 g/mol. The molecule has 0 aromatic carbocycles. The zero-order chi connectivity index (χ0) is 11.7. The number of aryl methyl sites for hydroxylation is 1. The first-order valence-corrected chi connectivity index (χ1v) is 7.10. The van der Waals surface area contributed by atoms with Gasteiger partial charge < -0.3 is 10.3 Å². The molecule has 1 unspecified atom stereocenters. The highest BCUT2D eigenvalue weighted by Gasteiger charge is 2.15. The molecule has 2 aromatic heterocycles. The van der Waals surface area contributed by atoms with E-state index in [-0.39, 0.29) is 0 Å². The highest BCUT2D eigenvalue weighted by Crippen LogP contribution is 2.16. The minimum atomic E-state index is 0.537. The number of H-pyrrole nitrogens is 1. The molecule has 2 N–H and O–H groups in total. The SMILES string of the molecule is Cc1ccnc2nc(CC3CSCCN3)[nH]c12. The summed E-state index contributed by atoms with van der Waals surface area (Å²) in [5.74, 6) is 3.43. The van der Waals surface area contributed by atoms with Gasteiger partial charge in [-0.05, 0) is 18.6 Å². The Kier molecular flexibility index (Phi) is 3.03. The first kappa shape index (κ1) is 11.0. The minimum Gasteiger partial charge on any atom is -0.340 e. The smallest absolute Gasteiger partial charge is 0.177 e. The first-order chi connectivity index (χ1) is 8.33. The molecular formula is C12H16N4S. The van der Waals surface area contributed by atoms with E-state index in [4.69, 9.17) is 0 Å². The van der Waals surface area contributed by atoms with Gasteiger partial charge in [-0.25, -0.2) is 9.97 Å². The van der Waals surface area contributed by atoms with E-state index in [1.54, 1.807) is 0 Å². The van der Waals surface area contributed by atoms with Gasteiger partial charge in [-0.2, -0.15) is 11.8 Å². The number of pyridine rings is 1. The average Bonchev–Trinajstić information content (AvgIpc) is 2.74. The molecule has 0 spiro atoms. The molecule has 2 aromatic rings. The molecule has 90 valence electrons. The fourth-order valence-corrected chi connectivity index (χ4v) is 3.11. The Morgan fingerprint density at radius 2 is 2.47 bits per heavy atom. The number of aromatic amines is 1. The molecule has 0 saturated carbocycles. The van der Waals surface area contributed by atoms with Crippen molar-refractivity contribution < 1.29 is 0 Å². The number of thioether (sulfide) groups is 1. The van der Waals surface area contributed by atoms with Gasteiger partial charge in [-0.1, -0.05) is 0 Å². The van der Waals surface area contributed by atoms with Gasteiger partial charge in [0.05, 0.1) is 5.52 Å². The van der Waals surface area contributed by atoms with Crippen LogP contribution in [0.2, 0.25) is 0 Å². The van der Waals surface area contributed by atoms with Crippen LogP contribution < -0.4 is 5.32 Å². The molecule has 1 aliphatic rings. The Balaban J connectivity index is 1.83. The zero-order valence-electron chi connectivity index (χ0n) is 9.86. The molecule has 0 amide bonds. The lowest BCUT2D eigenvalue weighted by molar-refractivity contribution is 0.553. The van der Waals surface area contributed by atoms with E-state index in [1.165, 1.54) is 17.1 Å². The molecule has 1 aliphatic heterocycles. The maximum absolute atomic E-state index is 4.55. The van der Waals surface area contributed by atoms with E-state index in [1.807, 2.05) is 24.0 Å². The topological polar surface area (TPSA) is 53.6 Å². The number of aromatic nitrogens is 3. The van der Waals surface area contributed by atoms with Crippen molar-refractivity contribution in [2.45, 2.75) is 19.4 Å². The van der Waals surface area contributed by atoms with Crippen LogP contribution in [0.5, 0.6) is 0 Å². The van der Waals surface area contributed by atoms with Crippen molar-refractivity contribution in [2.24, 2.45) is 0 Å². The van der Waals surface area contributed by atoms with E-state index >= 15 is 0 Å². The summed E-state index contributed by atoms with van der Waals surface area (Å²) in [6.07, 6.45) is 2.78. The third-order valence-corrected chi connectivity index (χ3v) is 4.22. The Labute approximate surface area is 105 Å². The van der Waals surface area contributed by atoms with Crippen LogP contribution in [0, 0.1) is 6.92 Å². The van der Waals surface area contributed by atoms with Gasteiger partial charge in [0.25, 0.3) is 0 Å². The summed E-state index contributed by atoms with van der Waals surface area (Å²) in [4.78, 5) is 12.2. The number of imidazole rings is 1. The molecule has 0 bridgehead atoms. The standard InChI is InChI=1S/C12H16N4S/c1-8-2-3-14-12-11(8)15-10(16-12)6-9-7-17-5-4-13-9/h2-3,9,13H,4-7H2,1H3,(H,14,15,16). The molecule has 4 nitrogen and oxygen atoms in total. The summed E-state index contributed by atoms with van der Waals surface area (Å²) in [5, 5.41) is 3.53. The molecule has 3 rings (SSSR count). The number of hydrogen-bond donors (Lipinski definition) is 2. The molecule has 1 atom stereocenters. The van der Waals surface area contributed by atoms with Crippen molar-refractivity contribution in [1.29, 1.82) is 0 Å². The van der Waals surface area contributed by atoms with Crippen molar-refractivity contribution in [1.82, 2.24) is 20.3 Å². The van der Waals surface area contributed by atoms with E-state index in [0.29, 0.717) is 6.04 Å². The second-order valence-corrected chi connectivity index (χ2v) is 5.59. The van der Waals surface area contributed by atoms with Crippen LogP contribution in [0.3, 0.4) is 0 Å². The van der Waals surface area contributed by atoms with Crippen molar-refractivity contribution in [3.8, 4) is 0 Å². The van der Waals surface area contributed by atoms with Gasteiger partial charge in [-0.15, -0.1) is 0 Å². The van der Waals surface area contributed by atoms with Gasteiger partial charge in [0.2, 0.25) is 0 Å². The zero-order valence-corrected chi connectivity index (χ0v) is 10.7. The lowest BCUT2D eigenvalue weighted by Crippen LogP contribution is -2.39. The summed E-state index contributed by atoms with van der Waals surface area (Å²) >= 11 is 2.01. The van der Waals surface area contributed by atoms with E-state index in [2.05, 4.69) is 27.2 Å². The number of rotatable bonds is 2. The fraction of sp³-hybridized carbons (Fsp3) is 0.500. The van der Waals surface area contributed by atoms with Gasteiger partial charge in [-0.3, -0.25) is 0 Å². The van der Waals surface area contributed by atoms with Crippen LogP contribution >= 0.6 is 11.8 Å². The average molecular weight is 248 g/mol. The predicted octanol–water partition coefficient (Wildman–Crippen LogP) is 1.51. The lowest BCUT2D eigenvalue weighted by atomic mass is 10.2. The molecule has 0 radical (unpaired) electrons. The van der Waals surface area contributed by atoms with E-state index < -0.39 is 0 Å². The summed E-state index contributed by atoms with van der Waals surface area (Å²) in [7, 11) is 0. The van der Waals surface area contributed by atoms with Crippen molar-refractivity contribution in [3.63, 3.8) is 0 Å². The van der Waals surface area contributed by atoms with E-state index in [9.17, 15) is 0 Å². The number of hydrogen-bond acceptors (Lipinski definition) is 4. The quantitative estimate of drug-likeness (QED) is 0.846. The number of nitrogens with zero attached hydrogens (tertiary/aromatic N) is 2. The fourth-order valence-electron chi connectivity index (χ4n) is 2.16. The molecule has 3 heterocycles. The van der Waals surface area contributed by atoms with E-state index in [0.717, 1.165) is 30.0 Å². The van der Waals surface area contributed by atoms with Crippen LogP contribution in [0.15, 0.2) is 12.3 Å². The lowest BCUT2D eigenvalue weighted by Gasteiger charge is -2.21. The van der Waals surface area contributed by atoms with Crippen LogP contribution in [0.1, 0.15) is 11.4 Å². The third kappa shape index (κ3) is 2.30. The molecule has 1 fully saturated rings. The Morgan fingerprint density at radius 1 is 1.53 bits per heavy atom. The maximum Gasteiger partial charge on any atom is 0.177 e. The summed E-state index contributed by atoms with van der Waals surface area (Å²) < 4.78 is 0. The van der Waals surface area contributed by atoms with Gasteiger partial charge in [0.1, 0.15) is 5.82 Å². The molecule has 17 heavy (non-hydrogen) atoms.